The molecule has 0 spiro atoms. The van der Waals surface area contributed by atoms with Crippen molar-refractivity contribution >= 4 is 17.5 Å². The monoisotopic (exact) mass is 346 g/mol. The lowest BCUT2D eigenvalue weighted by atomic mass is 10.0. The summed E-state index contributed by atoms with van der Waals surface area (Å²) in [5, 5.41) is 16.3. The lowest BCUT2D eigenvalue weighted by Crippen LogP contribution is -2.53. The highest BCUT2D eigenvalue weighted by atomic mass is 16.4. The van der Waals surface area contributed by atoms with E-state index >= 15 is 0 Å². The number of pyridine rings is 1. The van der Waals surface area contributed by atoms with Gasteiger partial charge in [0, 0.05) is 45.3 Å². The third-order valence-corrected chi connectivity index (χ3v) is 5.14. The number of hydrogen-bond donors (Lipinski definition) is 3. The molecule has 1 aromatic rings. The first-order valence-electron chi connectivity index (χ1n) is 8.76. The van der Waals surface area contributed by atoms with E-state index in [0.717, 1.165) is 57.8 Å². The average Bonchev–Trinajstić information content (AvgIpc) is 2.62. The van der Waals surface area contributed by atoms with E-state index in [0.29, 0.717) is 11.7 Å². The SMILES string of the molecule is N=C(N)c1ccc(N2CCN(C3CCN(CC(=O)O)CC3)CC2)cn1. The van der Waals surface area contributed by atoms with Gasteiger partial charge in [0.25, 0.3) is 0 Å². The fourth-order valence-corrected chi connectivity index (χ4v) is 3.71. The number of aliphatic carboxylic acids is 1. The van der Waals surface area contributed by atoms with Crippen molar-refractivity contribution in [2.45, 2.75) is 18.9 Å². The summed E-state index contributed by atoms with van der Waals surface area (Å²) < 4.78 is 0. The van der Waals surface area contributed by atoms with E-state index in [1.807, 2.05) is 11.0 Å². The van der Waals surface area contributed by atoms with E-state index in [2.05, 4.69) is 14.8 Å². The summed E-state index contributed by atoms with van der Waals surface area (Å²) in [4.78, 5) is 21.9. The maximum atomic E-state index is 10.8. The molecule has 0 radical (unpaired) electrons. The number of piperidine rings is 1. The topological polar surface area (TPSA) is 110 Å². The van der Waals surface area contributed by atoms with Crippen LogP contribution in [0.3, 0.4) is 0 Å². The molecule has 4 N–H and O–H groups in total. The number of carboxylic acids is 1. The van der Waals surface area contributed by atoms with Gasteiger partial charge in [0.1, 0.15) is 11.5 Å². The van der Waals surface area contributed by atoms with Crippen molar-refractivity contribution in [3.05, 3.63) is 24.0 Å². The van der Waals surface area contributed by atoms with Crippen molar-refractivity contribution in [3.63, 3.8) is 0 Å². The fraction of sp³-hybridized carbons (Fsp3) is 0.588. The number of likely N-dealkylation sites (tertiary alicyclic amines) is 1. The molecule has 8 nitrogen and oxygen atoms in total. The molecule has 25 heavy (non-hydrogen) atoms. The van der Waals surface area contributed by atoms with Crippen molar-refractivity contribution in [2.75, 3.05) is 50.7 Å². The highest BCUT2D eigenvalue weighted by molar-refractivity contribution is 5.93. The van der Waals surface area contributed by atoms with Crippen LogP contribution in [0.2, 0.25) is 0 Å². The second kappa shape index (κ2) is 7.79. The van der Waals surface area contributed by atoms with Crippen LogP contribution in [0.4, 0.5) is 5.69 Å². The lowest BCUT2D eigenvalue weighted by Gasteiger charge is -2.43. The molecule has 0 aromatic carbocycles. The van der Waals surface area contributed by atoms with E-state index in [9.17, 15) is 4.79 Å². The largest absolute Gasteiger partial charge is 0.480 e. The summed E-state index contributed by atoms with van der Waals surface area (Å²) in [7, 11) is 0. The van der Waals surface area contributed by atoms with E-state index in [1.54, 1.807) is 12.3 Å². The molecule has 0 saturated carbocycles. The summed E-state index contributed by atoms with van der Waals surface area (Å²) in [6, 6.07) is 4.33. The summed E-state index contributed by atoms with van der Waals surface area (Å²) in [6.07, 6.45) is 3.88. The standard InChI is InChI=1S/C17H26N6O2/c18-17(19)15-2-1-14(11-20-15)23-9-7-22(8-10-23)13-3-5-21(6-4-13)12-16(24)25/h1-2,11,13H,3-10,12H2,(H3,18,19)(H,24,25). The summed E-state index contributed by atoms with van der Waals surface area (Å²) in [6.45, 7) is 5.83. The number of aromatic nitrogens is 1. The first-order valence-corrected chi connectivity index (χ1v) is 8.76. The molecular weight excluding hydrogens is 320 g/mol. The number of nitrogens with one attached hydrogen (secondary N) is 1. The zero-order valence-corrected chi connectivity index (χ0v) is 14.4. The molecule has 0 amide bonds. The highest BCUT2D eigenvalue weighted by Crippen LogP contribution is 2.21. The number of hydrogen-bond acceptors (Lipinski definition) is 6. The zero-order valence-electron chi connectivity index (χ0n) is 14.4. The Labute approximate surface area is 147 Å². The Bertz CT molecular complexity index is 604. The first kappa shape index (κ1) is 17.6. The Kier molecular flexibility index (Phi) is 5.50. The van der Waals surface area contributed by atoms with Crippen molar-refractivity contribution < 1.29 is 9.90 Å². The predicted molar refractivity (Wildman–Crippen MR) is 96.1 cm³/mol. The number of piperazine rings is 1. The molecule has 2 aliphatic heterocycles. The number of nitrogens with two attached hydrogens (primary N) is 1. The molecule has 3 heterocycles. The van der Waals surface area contributed by atoms with Crippen LogP contribution in [0.15, 0.2) is 18.3 Å². The fourth-order valence-electron chi connectivity index (χ4n) is 3.71. The number of carbonyl (C=O) groups is 1. The van der Waals surface area contributed by atoms with Gasteiger partial charge in [-0.3, -0.25) is 25.0 Å². The van der Waals surface area contributed by atoms with Crippen molar-refractivity contribution in [3.8, 4) is 0 Å². The van der Waals surface area contributed by atoms with Crippen LogP contribution in [0.5, 0.6) is 0 Å². The molecule has 2 saturated heterocycles. The van der Waals surface area contributed by atoms with Gasteiger partial charge in [0.15, 0.2) is 0 Å². The van der Waals surface area contributed by atoms with Crippen LogP contribution in [-0.2, 0) is 4.79 Å². The second-order valence-electron chi connectivity index (χ2n) is 6.74. The number of nitrogens with zero attached hydrogens (tertiary/aromatic N) is 4. The molecular formula is C17H26N6O2. The first-order chi connectivity index (χ1) is 12.0. The summed E-state index contributed by atoms with van der Waals surface area (Å²) in [5.74, 6) is -0.748. The third-order valence-electron chi connectivity index (χ3n) is 5.14. The van der Waals surface area contributed by atoms with Crippen LogP contribution >= 0.6 is 0 Å². The molecule has 2 fully saturated rings. The molecule has 0 aliphatic carbocycles. The number of nitrogen functional groups attached to an aromatic ring is 1. The van der Waals surface area contributed by atoms with Gasteiger partial charge in [0.05, 0.1) is 18.4 Å². The number of carboxylic acid groups (broad SMARTS) is 1. The van der Waals surface area contributed by atoms with Crippen LogP contribution < -0.4 is 10.6 Å². The Hall–Kier alpha value is -2.19. The Morgan fingerprint density at radius 2 is 1.88 bits per heavy atom. The smallest absolute Gasteiger partial charge is 0.317 e. The third kappa shape index (κ3) is 4.46. The van der Waals surface area contributed by atoms with Gasteiger partial charge >= 0.3 is 5.97 Å². The van der Waals surface area contributed by atoms with Crippen molar-refractivity contribution in [2.24, 2.45) is 5.73 Å². The quantitative estimate of drug-likeness (QED) is 0.510. The normalized spacial score (nSPS) is 20.6. The Morgan fingerprint density at radius 1 is 1.20 bits per heavy atom. The van der Waals surface area contributed by atoms with E-state index < -0.39 is 5.97 Å². The predicted octanol–water partition coefficient (Wildman–Crippen LogP) is 0.0367. The lowest BCUT2D eigenvalue weighted by molar-refractivity contribution is -0.138. The molecule has 3 rings (SSSR count). The molecule has 136 valence electrons. The number of amidine groups is 1. The van der Waals surface area contributed by atoms with Crippen LogP contribution in [0.1, 0.15) is 18.5 Å². The number of rotatable bonds is 5. The highest BCUT2D eigenvalue weighted by Gasteiger charge is 2.28. The molecule has 0 atom stereocenters. The van der Waals surface area contributed by atoms with Gasteiger partial charge in [-0.25, -0.2) is 0 Å². The van der Waals surface area contributed by atoms with E-state index in [4.69, 9.17) is 16.2 Å². The van der Waals surface area contributed by atoms with Crippen LogP contribution in [-0.4, -0.2) is 83.6 Å². The van der Waals surface area contributed by atoms with Crippen LogP contribution in [0.25, 0.3) is 0 Å². The van der Waals surface area contributed by atoms with Crippen molar-refractivity contribution in [1.29, 1.82) is 5.41 Å². The van der Waals surface area contributed by atoms with Gasteiger partial charge in [-0.1, -0.05) is 0 Å². The van der Waals surface area contributed by atoms with Crippen molar-refractivity contribution in [1.82, 2.24) is 14.8 Å². The molecule has 8 heteroatoms. The van der Waals surface area contributed by atoms with Gasteiger partial charge in [0.2, 0.25) is 0 Å². The van der Waals surface area contributed by atoms with Crippen LogP contribution in [0, 0.1) is 5.41 Å². The Balaban J connectivity index is 1.47. The van der Waals surface area contributed by atoms with E-state index in [-0.39, 0.29) is 12.4 Å². The van der Waals surface area contributed by atoms with Gasteiger partial charge < -0.3 is 15.7 Å². The Morgan fingerprint density at radius 3 is 2.40 bits per heavy atom. The summed E-state index contributed by atoms with van der Waals surface area (Å²) >= 11 is 0. The van der Waals surface area contributed by atoms with Gasteiger partial charge in [-0.15, -0.1) is 0 Å². The molecule has 0 unspecified atom stereocenters. The minimum Gasteiger partial charge on any atom is -0.480 e. The molecule has 1 aromatic heterocycles. The maximum absolute atomic E-state index is 10.8. The summed E-state index contributed by atoms with van der Waals surface area (Å²) in [5.41, 5.74) is 7.02. The van der Waals surface area contributed by atoms with E-state index in [1.165, 1.54) is 0 Å². The average molecular weight is 346 g/mol. The minimum atomic E-state index is -0.739. The maximum Gasteiger partial charge on any atom is 0.317 e. The molecule has 2 aliphatic rings. The molecule has 0 bridgehead atoms. The second-order valence-corrected chi connectivity index (χ2v) is 6.74. The number of anilines is 1. The minimum absolute atomic E-state index is 0.00869. The zero-order chi connectivity index (χ0) is 17.8. The van der Waals surface area contributed by atoms with Gasteiger partial charge in [-0.2, -0.15) is 0 Å². The van der Waals surface area contributed by atoms with Gasteiger partial charge in [-0.05, 0) is 25.0 Å².